The molecule has 3 rings (SSSR count). The normalized spacial score (nSPS) is 18.1. The van der Waals surface area contributed by atoms with Crippen molar-refractivity contribution >= 4 is 23.6 Å². The van der Waals surface area contributed by atoms with Gasteiger partial charge < -0.3 is 14.4 Å². The molecule has 8 nitrogen and oxygen atoms in total. The third kappa shape index (κ3) is 3.73. The second kappa shape index (κ2) is 6.86. The quantitative estimate of drug-likeness (QED) is 0.798. The summed E-state index contributed by atoms with van der Waals surface area (Å²) in [5, 5.41) is 16.3. The van der Waals surface area contributed by atoms with E-state index in [0.717, 1.165) is 0 Å². The first-order chi connectivity index (χ1) is 11.1. The van der Waals surface area contributed by atoms with E-state index in [1.54, 1.807) is 17.0 Å². The van der Waals surface area contributed by atoms with Gasteiger partial charge in [0.05, 0.1) is 11.7 Å². The molecule has 3 heterocycles. The topological polar surface area (TPSA) is 112 Å². The van der Waals surface area contributed by atoms with Crippen LogP contribution in [0.25, 0.3) is 0 Å². The number of aliphatic carboxylic acids is 1. The van der Waals surface area contributed by atoms with Gasteiger partial charge in [-0.15, -0.1) is 0 Å². The van der Waals surface area contributed by atoms with Crippen LogP contribution >= 0.6 is 11.8 Å². The molecule has 1 fully saturated rings. The van der Waals surface area contributed by atoms with Gasteiger partial charge in [0.2, 0.25) is 0 Å². The molecule has 122 valence electrons. The number of aromatic amines is 1. The number of thioether (sulfide) groups is 1. The van der Waals surface area contributed by atoms with Gasteiger partial charge in [-0.1, -0.05) is 11.8 Å². The Morgan fingerprint density at radius 2 is 2.35 bits per heavy atom. The van der Waals surface area contributed by atoms with Crippen LogP contribution in [-0.4, -0.2) is 50.2 Å². The number of nitrogens with one attached hydrogen (secondary N) is 1. The number of carbonyl (C=O) groups is 2. The van der Waals surface area contributed by atoms with Crippen molar-refractivity contribution in [1.82, 2.24) is 20.1 Å². The third-order valence-corrected chi connectivity index (χ3v) is 4.57. The van der Waals surface area contributed by atoms with Crippen LogP contribution in [0.2, 0.25) is 0 Å². The van der Waals surface area contributed by atoms with Gasteiger partial charge in [0.15, 0.2) is 10.9 Å². The van der Waals surface area contributed by atoms with E-state index in [1.165, 1.54) is 18.1 Å². The van der Waals surface area contributed by atoms with E-state index in [9.17, 15) is 9.59 Å². The molecule has 0 spiro atoms. The highest BCUT2D eigenvalue weighted by Gasteiger charge is 2.29. The number of hydrogen-bond acceptors (Lipinski definition) is 6. The largest absolute Gasteiger partial charge is 0.481 e. The van der Waals surface area contributed by atoms with Gasteiger partial charge in [0.25, 0.3) is 5.91 Å². The van der Waals surface area contributed by atoms with E-state index in [2.05, 4.69) is 15.2 Å². The molecule has 2 aromatic rings. The number of nitrogens with zero attached hydrogens (tertiary/aromatic N) is 3. The molecule has 0 radical (unpaired) electrons. The van der Waals surface area contributed by atoms with Gasteiger partial charge in [-0.05, 0) is 25.0 Å². The summed E-state index contributed by atoms with van der Waals surface area (Å²) < 4.78 is 5.57. The number of H-pyrrole nitrogens is 1. The zero-order valence-electron chi connectivity index (χ0n) is 12.3. The predicted molar refractivity (Wildman–Crippen MR) is 80.9 cm³/mol. The number of piperidine rings is 1. The first-order valence-electron chi connectivity index (χ1n) is 7.22. The van der Waals surface area contributed by atoms with Crippen molar-refractivity contribution in [3.63, 3.8) is 0 Å². The molecular weight excluding hydrogens is 320 g/mol. The van der Waals surface area contributed by atoms with Crippen LogP contribution < -0.4 is 0 Å². The monoisotopic (exact) mass is 336 g/mol. The van der Waals surface area contributed by atoms with Gasteiger partial charge in [-0.2, -0.15) is 5.10 Å². The van der Waals surface area contributed by atoms with E-state index in [4.69, 9.17) is 9.52 Å². The number of furan rings is 1. The average molecular weight is 336 g/mol. The number of carboxylic acid groups (broad SMARTS) is 1. The minimum atomic E-state index is -0.855. The first kappa shape index (κ1) is 15.6. The van der Waals surface area contributed by atoms with Gasteiger partial charge in [0, 0.05) is 13.1 Å². The van der Waals surface area contributed by atoms with Crippen LogP contribution in [0.3, 0.4) is 0 Å². The number of likely N-dealkylation sites (tertiary alicyclic amines) is 1. The number of carbonyl (C=O) groups excluding carboxylic acids is 1. The number of carboxylic acids is 1. The maximum Gasteiger partial charge on any atom is 0.308 e. The summed E-state index contributed by atoms with van der Waals surface area (Å²) >= 11 is 1.42. The number of amides is 1. The van der Waals surface area contributed by atoms with E-state index in [1.807, 2.05) is 0 Å². The molecule has 23 heavy (non-hydrogen) atoms. The van der Waals surface area contributed by atoms with E-state index in [-0.39, 0.29) is 18.2 Å². The molecule has 0 aliphatic carbocycles. The van der Waals surface area contributed by atoms with Crippen LogP contribution in [0.5, 0.6) is 0 Å². The second-order valence-corrected chi connectivity index (χ2v) is 6.24. The van der Waals surface area contributed by atoms with E-state index < -0.39 is 11.9 Å². The zero-order valence-corrected chi connectivity index (χ0v) is 13.1. The Morgan fingerprint density at radius 1 is 1.48 bits per heavy atom. The zero-order chi connectivity index (χ0) is 16.2. The molecule has 1 saturated heterocycles. The van der Waals surface area contributed by atoms with E-state index >= 15 is 0 Å². The first-order valence-corrected chi connectivity index (χ1v) is 8.21. The van der Waals surface area contributed by atoms with Gasteiger partial charge in [-0.3, -0.25) is 14.7 Å². The molecule has 1 aliphatic rings. The van der Waals surface area contributed by atoms with Crippen molar-refractivity contribution in [3.8, 4) is 0 Å². The number of hydrogen-bond donors (Lipinski definition) is 2. The fourth-order valence-electron chi connectivity index (χ4n) is 2.49. The highest BCUT2D eigenvalue weighted by atomic mass is 32.2. The van der Waals surface area contributed by atoms with Crippen LogP contribution in [0.4, 0.5) is 0 Å². The molecule has 0 unspecified atom stereocenters. The maximum absolute atomic E-state index is 12.4. The minimum absolute atomic E-state index is 0.233. The lowest BCUT2D eigenvalue weighted by Gasteiger charge is -2.29. The standard InChI is InChI=1S/C14H16N4O4S/c19-12(18-5-1-2-9(6-18)13(20)21)11-4-3-10(22-11)7-23-14-15-8-16-17-14/h3-4,8-9H,1-2,5-7H2,(H,20,21)(H,15,16,17)/t9-/m0/s1. The number of rotatable bonds is 5. The Balaban J connectivity index is 1.60. The van der Waals surface area contributed by atoms with Gasteiger partial charge >= 0.3 is 5.97 Å². The summed E-state index contributed by atoms with van der Waals surface area (Å²) in [6.07, 6.45) is 2.72. The predicted octanol–water partition coefficient (Wildman–Crippen LogP) is 1.63. The second-order valence-electron chi connectivity index (χ2n) is 5.27. The summed E-state index contributed by atoms with van der Waals surface area (Å²) in [7, 11) is 0. The number of aromatic nitrogens is 3. The summed E-state index contributed by atoms with van der Waals surface area (Å²) in [5.41, 5.74) is 0. The van der Waals surface area contributed by atoms with Gasteiger partial charge in [-0.25, -0.2) is 4.98 Å². The molecule has 1 atom stereocenters. The summed E-state index contributed by atoms with van der Waals surface area (Å²) in [4.78, 5) is 29.0. The Hall–Kier alpha value is -2.29. The minimum Gasteiger partial charge on any atom is -0.481 e. The molecule has 2 aromatic heterocycles. The summed E-state index contributed by atoms with van der Waals surface area (Å²) in [6.45, 7) is 0.794. The highest BCUT2D eigenvalue weighted by Crippen LogP contribution is 2.23. The summed E-state index contributed by atoms with van der Waals surface area (Å²) in [5.74, 6) is -0.187. The third-order valence-electron chi connectivity index (χ3n) is 3.67. The lowest BCUT2D eigenvalue weighted by molar-refractivity contribution is -0.143. The smallest absolute Gasteiger partial charge is 0.308 e. The molecule has 1 aliphatic heterocycles. The molecule has 1 amide bonds. The molecule has 9 heteroatoms. The molecule has 0 bridgehead atoms. The van der Waals surface area contributed by atoms with Crippen molar-refractivity contribution in [2.75, 3.05) is 13.1 Å². The fourth-order valence-corrected chi connectivity index (χ4v) is 3.17. The highest BCUT2D eigenvalue weighted by molar-refractivity contribution is 7.98. The Bertz CT molecular complexity index is 685. The lowest BCUT2D eigenvalue weighted by atomic mass is 9.98. The van der Waals surface area contributed by atoms with Crippen molar-refractivity contribution in [3.05, 3.63) is 30.0 Å². The molecule has 0 saturated carbocycles. The van der Waals surface area contributed by atoms with Crippen molar-refractivity contribution < 1.29 is 19.1 Å². The van der Waals surface area contributed by atoms with Crippen LogP contribution in [0, 0.1) is 5.92 Å². The lowest BCUT2D eigenvalue weighted by Crippen LogP contribution is -2.42. The Labute approximate surface area is 136 Å². The van der Waals surface area contributed by atoms with E-state index in [0.29, 0.717) is 36.1 Å². The average Bonchev–Trinajstić information content (AvgIpc) is 3.24. The van der Waals surface area contributed by atoms with Crippen LogP contribution in [0.1, 0.15) is 29.2 Å². The molecule has 2 N–H and O–H groups in total. The van der Waals surface area contributed by atoms with Crippen molar-refractivity contribution in [2.24, 2.45) is 5.92 Å². The van der Waals surface area contributed by atoms with Crippen molar-refractivity contribution in [2.45, 2.75) is 23.8 Å². The Kier molecular flexibility index (Phi) is 4.65. The van der Waals surface area contributed by atoms with Crippen LogP contribution in [-0.2, 0) is 10.5 Å². The SMILES string of the molecule is O=C(O)[C@H]1CCCN(C(=O)c2ccc(CSc3ncn[nH]3)o2)C1. The summed E-state index contributed by atoms with van der Waals surface area (Å²) in [6, 6.07) is 3.37. The maximum atomic E-state index is 12.4. The molecule has 0 aromatic carbocycles. The van der Waals surface area contributed by atoms with Crippen molar-refractivity contribution in [1.29, 1.82) is 0 Å². The van der Waals surface area contributed by atoms with Crippen LogP contribution in [0.15, 0.2) is 28.0 Å². The van der Waals surface area contributed by atoms with Gasteiger partial charge in [0.1, 0.15) is 12.1 Å². The fraction of sp³-hybridized carbons (Fsp3) is 0.429. The Morgan fingerprint density at radius 3 is 3.09 bits per heavy atom. The molecular formula is C14H16N4O4S.